The number of aromatic nitrogens is 2. The van der Waals surface area contributed by atoms with E-state index in [0.29, 0.717) is 6.04 Å². The normalized spacial score (nSPS) is 12.8. The molecule has 1 aromatic heterocycles. The highest BCUT2D eigenvalue weighted by molar-refractivity contribution is 14.0. The first-order valence-electron chi connectivity index (χ1n) is 9.29. The molecular weight excluding hydrogens is 427 g/mol. The molecule has 1 aromatic rings. The van der Waals surface area contributed by atoms with Crippen molar-refractivity contribution >= 4 is 29.9 Å². The number of halogens is 1. The average Bonchev–Trinajstić information content (AvgIpc) is 2.87. The highest BCUT2D eigenvalue weighted by Crippen LogP contribution is 2.02. The third kappa shape index (κ3) is 8.89. The summed E-state index contributed by atoms with van der Waals surface area (Å²) >= 11 is 0. The SMILES string of the molecule is CCNC(=NCC(C)N(CC)CC)NCCCn1nc(C)cc1C.I. The Hall–Kier alpha value is -0.830. The fourth-order valence-corrected chi connectivity index (χ4v) is 2.86. The van der Waals surface area contributed by atoms with E-state index in [2.05, 4.69) is 66.0 Å². The molecule has 2 N–H and O–H groups in total. The van der Waals surface area contributed by atoms with Crippen molar-refractivity contribution in [3.05, 3.63) is 17.5 Å². The van der Waals surface area contributed by atoms with Crippen molar-refractivity contribution in [2.24, 2.45) is 4.99 Å². The van der Waals surface area contributed by atoms with E-state index in [-0.39, 0.29) is 24.0 Å². The molecule has 0 spiro atoms. The van der Waals surface area contributed by atoms with E-state index in [4.69, 9.17) is 4.99 Å². The van der Waals surface area contributed by atoms with E-state index in [0.717, 1.165) is 57.3 Å². The number of nitrogens with zero attached hydrogens (tertiary/aromatic N) is 4. The summed E-state index contributed by atoms with van der Waals surface area (Å²) in [6.07, 6.45) is 1.03. The van der Waals surface area contributed by atoms with Crippen LogP contribution in [0.1, 0.15) is 45.5 Å². The van der Waals surface area contributed by atoms with Crippen LogP contribution in [0, 0.1) is 13.8 Å². The summed E-state index contributed by atoms with van der Waals surface area (Å²) < 4.78 is 2.07. The van der Waals surface area contributed by atoms with Crippen LogP contribution in [0.4, 0.5) is 0 Å². The summed E-state index contributed by atoms with van der Waals surface area (Å²) in [5.74, 6) is 0.907. The maximum absolute atomic E-state index is 4.73. The molecule has 1 heterocycles. The van der Waals surface area contributed by atoms with Crippen molar-refractivity contribution < 1.29 is 0 Å². The molecule has 0 saturated heterocycles. The van der Waals surface area contributed by atoms with Crippen LogP contribution >= 0.6 is 24.0 Å². The average molecular weight is 464 g/mol. The van der Waals surface area contributed by atoms with Crippen LogP contribution < -0.4 is 10.6 Å². The largest absolute Gasteiger partial charge is 0.357 e. The van der Waals surface area contributed by atoms with Gasteiger partial charge in [0.15, 0.2) is 5.96 Å². The molecule has 146 valence electrons. The standard InChI is InChI=1S/C18H36N6.HI/c1-7-19-18(21-14-17(6)23(8-2)9-3)20-11-10-12-24-16(5)13-15(4)22-24;/h13,17H,7-12,14H2,1-6H3,(H2,19,20,21);1H. The van der Waals surface area contributed by atoms with Crippen LogP contribution in [0.15, 0.2) is 11.1 Å². The third-order valence-corrected chi connectivity index (χ3v) is 4.24. The highest BCUT2D eigenvalue weighted by Gasteiger charge is 2.09. The molecule has 0 bridgehead atoms. The van der Waals surface area contributed by atoms with Gasteiger partial charge in [0.05, 0.1) is 12.2 Å². The number of hydrogen-bond donors (Lipinski definition) is 2. The van der Waals surface area contributed by atoms with Gasteiger partial charge in [-0.25, -0.2) is 0 Å². The maximum atomic E-state index is 4.73. The topological polar surface area (TPSA) is 57.5 Å². The molecule has 0 radical (unpaired) electrons. The lowest BCUT2D eigenvalue weighted by molar-refractivity contribution is 0.237. The van der Waals surface area contributed by atoms with Crippen LogP contribution in [-0.4, -0.2) is 59.4 Å². The molecular formula is C18H37IN6. The first-order valence-corrected chi connectivity index (χ1v) is 9.29. The molecule has 0 aliphatic rings. The quantitative estimate of drug-likeness (QED) is 0.242. The second-order valence-electron chi connectivity index (χ2n) is 6.22. The zero-order valence-electron chi connectivity index (χ0n) is 16.8. The van der Waals surface area contributed by atoms with Gasteiger partial charge in [-0.05, 0) is 53.3 Å². The molecule has 1 atom stereocenters. The van der Waals surface area contributed by atoms with E-state index < -0.39 is 0 Å². The van der Waals surface area contributed by atoms with Crippen molar-refractivity contribution in [1.82, 2.24) is 25.3 Å². The number of nitrogens with one attached hydrogen (secondary N) is 2. The predicted molar refractivity (Wildman–Crippen MR) is 118 cm³/mol. The Morgan fingerprint density at radius 2 is 1.92 bits per heavy atom. The number of aliphatic imine (C=N–C) groups is 1. The monoisotopic (exact) mass is 464 g/mol. The van der Waals surface area contributed by atoms with Crippen molar-refractivity contribution in [3.8, 4) is 0 Å². The summed E-state index contributed by atoms with van der Waals surface area (Å²) in [5.41, 5.74) is 2.31. The Bertz CT molecular complexity index is 496. The minimum absolute atomic E-state index is 0. The lowest BCUT2D eigenvalue weighted by Crippen LogP contribution is -2.40. The Kier molecular flexibility index (Phi) is 12.9. The summed E-state index contributed by atoms with van der Waals surface area (Å²) in [4.78, 5) is 7.15. The molecule has 0 amide bonds. The molecule has 0 saturated carbocycles. The first kappa shape index (κ1) is 24.2. The number of guanidine groups is 1. The van der Waals surface area contributed by atoms with Gasteiger partial charge in [-0.3, -0.25) is 14.6 Å². The summed E-state index contributed by atoms with van der Waals surface area (Å²) in [5, 5.41) is 11.3. The summed E-state index contributed by atoms with van der Waals surface area (Å²) in [6.45, 7) is 18.5. The molecule has 6 nitrogen and oxygen atoms in total. The maximum Gasteiger partial charge on any atom is 0.191 e. The third-order valence-electron chi connectivity index (χ3n) is 4.24. The smallest absolute Gasteiger partial charge is 0.191 e. The molecule has 7 heteroatoms. The molecule has 0 aromatic carbocycles. The van der Waals surface area contributed by atoms with Crippen molar-refractivity contribution in [1.29, 1.82) is 0 Å². The first-order chi connectivity index (χ1) is 11.5. The second-order valence-corrected chi connectivity index (χ2v) is 6.22. The molecule has 1 unspecified atom stereocenters. The van der Waals surface area contributed by atoms with Gasteiger partial charge in [-0.1, -0.05) is 13.8 Å². The van der Waals surface area contributed by atoms with Crippen LogP contribution in [0.2, 0.25) is 0 Å². The lowest BCUT2D eigenvalue weighted by atomic mass is 10.3. The van der Waals surface area contributed by atoms with Gasteiger partial charge in [0, 0.05) is 31.4 Å². The van der Waals surface area contributed by atoms with Crippen LogP contribution in [0.25, 0.3) is 0 Å². The molecule has 25 heavy (non-hydrogen) atoms. The van der Waals surface area contributed by atoms with Crippen LogP contribution in [-0.2, 0) is 6.54 Å². The fraction of sp³-hybridized carbons (Fsp3) is 0.778. The van der Waals surface area contributed by atoms with Crippen LogP contribution in [0.5, 0.6) is 0 Å². The Balaban J connectivity index is 0.00000576. The van der Waals surface area contributed by atoms with E-state index in [1.165, 1.54) is 5.69 Å². The van der Waals surface area contributed by atoms with E-state index in [1.807, 2.05) is 6.92 Å². The highest BCUT2D eigenvalue weighted by atomic mass is 127. The van der Waals surface area contributed by atoms with Crippen molar-refractivity contribution in [2.45, 2.75) is 60.5 Å². The number of hydrogen-bond acceptors (Lipinski definition) is 3. The van der Waals surface area contributed by atoms with Gasteiger partial charge < -0.3 is 10.6 Å². The predicted octanol–water partition coefficient (Wildman–Crippen LogP) is 2.79. The number of rotatable bonds is 10. The van der Waals surface area contributed by atoms with E-state index in [9.17, 15) is 0 Å². The van der Waals surface area contributed by atoms with Gasteiger partial charge in [-0.2, -0.15) is 5.10 Å². The molecule has 0 aliphatic carbocycles. The Morgan fingerprint density at radius 3 is 2.44 bits per heavy atom. The van der Waals surface area contributed by atoms with Gasteiger partial charge in [0.2, 0.25) is 0 Å². The minimum atomic E-state index is 0. The zero-order chi connectivity index (χ0) is 17.9. The lowest BCUT2D eigenvalue weighted by Gasteiger charge is -2.25. The van der Waals surface area contributed by atoms with Crippen LogP contribution in [0.3, 0.4) is 0 Å². The molecule has 0 fully saturated rings. The van der Waals surface area contributed by atoms with Gasteiger partial charge in [-0.15, -0.1) is 24.0 Å². The van der Waals surface area contributed by atoms with Gasteiger partial charge in [0.25, 0.3) is 0 Å². The molecule has 0 aliphatic heterocycles. The number of likely N-dealkylation sites (N-methyl/N-ethyl adjacent to an activating group) is 1. The summed E-state index contributed by atoms with van der Waals surface area (Å²) in [6, 6.07) is 2.58. The molecule has 1 rings (SSSR count). The Morgan fingerprint density at radius 1 is 1.24 bits per heavy atom. The van der Waals surface area contributed by atoms with E-state index >= 15 is 0 Å². The fourth-order valence-electron chi connectivity index (χ4n) is 2.86. The second kappa shape index (κ2) is 13.4. The minimum Gasteiger partial charge on any atom is -0.357 e. The summed E-state index contributed by atoms with van der Waals surface area (Å²) in [7, 11) is 0. The Labute approximate surface area is 170 Å². The van der Waals surface area contributed by atoms with E-state index in [1.54, 1.807) is 0 Å². The van der Waals surface area contributed by atoms with Crippen molar-refractivity contribution in [3.63, 3.8) is 0 Å². The van der Waals surface area contributed by atoms with Gasteiger partial charge in [0.1, 0.15) is 0 Å². The zero-order valence-corrected chi connectivity index (χ0v) is 19.1. The van der Waals surface area contributed by atoms with Gasteiger partial charge >= 0.3 is 0 Å². The number of aryl methyl sites for hydroxylation is 3. The van der Waals surface area contributed by atoms with Crippen molar-refractivity contribution in [2.75, 3.05) is 32.7 Å².